The fourth-order valence-electron chi connectivity index (χ4n) is 2.16. The van der Waals surface area contributed by atoms with Gasteiger partial charge in [0.25, 0.3) is 5.56 Å². The number of aromatic nitrogens is 2. The first kappa shape index (κ1) is 16.9. The third-order valence-electron chi connectivity index (χ3n) is 3.75. The number of carboxylic acid groups (broad SMARTS) is 1. The zero-order valence-electron chi connectivity index (χ0n) is 13.6. The summed E-state index contributed by atoms with van der Waals surface area (Å²) in [6.45, 7) is 4.76. The van der Waals surface area contributed by atoms with E-state index in [2.05, 4.69) is 4.98 Å². The number of aliphatic hydroxyl groups excluding tert-OH is 1. The number of aliphatic hydroxyl groups is 1. The number of nitrogens with zero attached hydrogens (tertiary/aromatic N) is 2. The second-order valence-electron chi connectivity index (χ2n) is 6.15. The molecule has 0 aliphatic carbocycles. The number of carbonyl (C=O) groups is 1. The lowest BCUT2D eigenvalue weighted by Gasteiger charge is -2.13. The van der Waals surface area contributed by atoms with E-state index in [0.29, 0.717) is 10.9 Å². The largest absolute Gasteiger partial charge is 0.481 e. The lowest BCUT2D eigenvalue weighted by Crippen LogP contribution is -2.23. The van der Waals surface area contributed by atoms with Gasteiger partial charge < -0.3 is 10.2 Å². The maximum absolute atomic E-state index is 12.3. The number of benzene rings is 1. The van der Waals surface area contributed by atoms with Crippen LogP contribution >= 0.6 is 0 Å². The zero-order valence-corrected chi connectivity index (χ0v) is 13.6. The van der Waals surface area contributed by atoms with Gasteiger partial charge in [-0.05, 0) is 38.5 Å². The van der Waals surface area contributed by atoms with Crippen molar-refractivity contribution in [1.82, 2.24) is 9.55 Å². The Morgan fingerprint density at radius 3 is 2.61 bits per heavy atom. The van der Waals surface area contributed by atoms with Crippen LogP contribution in [0.4, 0.5) is 0 Å². The van der Waals surface area contributed by atoms with E-state index < -0.39 is 17.5 Å². The smallest absolute Gasteiger partial charge is 0.312 e. The molecule has 0 bridgehead atoms. The first-order chi connectivity index (χ1) is 10.6. The summed E-state index contributed by atoms with van der Waals surface area (Å²) in [5, 5.41) is 19.3. The molecule has 1 aromatic heterocycles. The Bertz CT molecular complexity index is 848. The van der Waals surface area contributed by atoms with Crippen LogP contribution in [-0.2, 0) is 11.8 Å². The van der Waals surface area contributed by atoms with Crippen molar-refractivity contribution in [3.8, 4) is 0 Å². The highest BCUT2D eigenvalue weighted by molar-refractivity contribution is 5.81. The van der Waals surface area contributed by atoms with Gasteiger partial charge in [0.1, 0.15) is 11.9 Å². The minimum absolute atomic E-state index is 0.229. The predicted molar refractivity (Wildman–Crippen MR) is 88.1 cm³/mol. The van der Waals surface area contributed by atoms with Crippen molar-refractivity contribution in [2.24, 2.45) is 12.5 Å². The van der Waals surface area contributed by atoms with Gasteiger partial charge in [-0.25, -0.2) is 4.98 Å². The Hall–Kier alpha value is -2.47. The van der Waals surface area contributed by atoms with E-state index in [4.69, 9.17) is 5.11 Å². The Morgan fingerprint density at radius 2 is 2.04 bits per heavy atom. The first-order valence-corrected chi connectivity index (χ1v) is 7.25. The summed E-state index contributed by atoms with van der Waals surface area (Å²) in [5.74, 6) is -0.632. The molecular formula is C17H20N2O4. The highest BCUT2D eigenvalue weighted by Gasteiger charge is 2.23. The van der Waals surface area contributed by atoms with Gasteiger partial charge in [0.15, 0.2) is 0 Å². The lowest BCUT2D eigenvalue weighted by atomic mass is 9.92. The Balaban J connectivity index is 2.55. The Labute approximate surface area is 133 Å². The average molecular weight is 316 g/mol. The maximum atomic E-state index is 12.3. The van der Waals surface area contributed by atoms with Crippen molar-refractivity contribution in [2.75, 3.05) is 0 Å². The second kappa shape index (κ2) is 5.96. The molecule has 0 saturated heterocycles. The highest BCUT2D eigenvalue weighted by atomic mass is 16.4. The van der Waals surface area contributed by atoms with E-state index in [-0.39, 0.29) is 11.4 Å². The molecule has 0 fully saturated rings. The monoisotopic (exact) mass is 316 g/mol. The normalized spacial score (nSPS) is 13.6. The molecule has 0 spiro atoms. The molecule has 2 aromatic rings. The summed E-state index contributed by atoms with van der Waals surface area (Å²) >= 11 is 0. The standard InChI is InChI=1S/C17H20N2O4/c1-10(20)14-18-13-9-11(7-8-17(2,3)16(22)23)5-6-12(13)15(21)19(14)4/h5-10,20H,1-4H3,(H,22,23). The van der Waals surface area contributed by atoms with E-state index in [1.807, 2.05) is 0 Å². The molecule has 1 unspecified atom stereocenters. The Morgan fingerprint density at radius 1 is 1.39 bits per heavy atom. The number of carboxylic acids is 1. The van der Waals surface area contributed by atoms with Crippen LogP contribution in [0.3, 0.4) is 0 Å². The molecule has 0 amide bonds. The maximum Gasteiger partial charge on any atom is 0.312 e. The predicted octanol–water partition coefficient (Wildman–Crippen LogP) is 2.11. The van der Waals surface area contributed by atoms with Gasteiger partial charge in [0.2, 0.25) is 0 Å². The van der Waals surface area contributed by atoms with Gasteiger partial charge >= 0.3 is 5.97 Å². The van der Waals surface area contributed by atoms with Crippen LogP contribution in [0, 0.1) is 5.41 Å². The highest BCUT2D eigenvalue weighted by Crippen LogP contribution is 2.20. The van der Waals surface area contributed by atoms with Crippen molar-refractivity contribution < 1.29 is 15.0 Å². The molecule has 122 valence electrons. The van der Waals surface area contributed by atoms with Gasteiger partial charge in [-0.15, -0.1) is 0 Å². The average Bonchev–Trinajstić information content (AvgIpc) is 2.48. The topological polar surface area (TPSA) is 92.4 Å². The minimum Gasteiger partial charge on any atom is -0.481 e. The van der Waals surface area contributed by atoms with Crippen LogP contribution < -0.4 is 5.56 Å². The quantitative estimate of drug-likeness (QED) is 0.901. The van der Waals surface area contributed by atoms with E-state index in [1.54, 1.807) is 58.2 Å². The van der Waals surface area contributed by atoms with Crippen LogP contribution in [0.1, 0.15) is 38.3 Å². The van der Waals surface area contributed by atoms with Crippen LogP contribution in [-0.4, -0.2) is 25.7 Å². The van der Waals surface area contributed by atoms with Crippen molar-refractivity contribution in [3.05, 3.63) is 46.0 Å². The summed E-state index contributed by atoms with van der Waals surface area (Å²) in [6.07, 6.45) is 2.42. The number of aliphatic carboxylic acids is 1. The summed E-state index contributed by atoms with van der Waals surface area (Å²) in [5.41, 5.74) is -0.00400. The van der Waals surface area contributed by atoms with E-state index in [0.717, 1.165) is 5.56 Å². The fraction of sp³-hybridized carbons (Fsp3) is 0.353. The summed E-state index contributed by atoms with van der Waals surface area (Å²) < 4.78 is 1.33. The summed E-state index contributed by atoms with van der Waals surface area (Å²) in [4.78, 5) is 27.7. The molecule has 2 rings (SSSR count). The zero-order chi connectivity index (χ0) is 17.4. The molecule has 6 heteroatoms. The van der Waals surface area contributed by atoms with Gasteiger partial charge in [0, 0.05) is 7.05 Å². The first-order valence-electron chi connectivity index (χ1n) is 7.25. The van der Waals surface area contributed by atoms with E-state index in [1.165, 1.54) is 4.57 Å². The lowest BCUT2D eigenvalue weighted by molar-refractivity contribution is -0.144. The summed E-state index contributed by atoms with van der Waals surface area (Å²) in [6, 6.07) is 5.10. The van der Waals surface area contributed by atoms with Crippen molar-refractivity contribution in [3.63, 3.8) is 0 Å². The number of hydrogen-bond acceptors (Lipinski definition) is 4. The summed E-state index contributed by atoms with van der Waals surface area (Å²) in [7, 11) is 1.57. The van der Waals surface area contributed by atoms with Crippen molar-refractivity contribution >= 4 is 22.9 Å². The number of fused-ring (bicyclic) bond motifs is 1. The van der Waals surface area contributed by atoms with Crippen LogP contribution in [0.15, 0.2) is 29.1 Å². The molecule has 0 saturated carbocycles. The van der Waals surface area contributed by atoms with Crippen molar-refractivity contribution in [2.45, 2.75) is 26.9 Å². The third-order valence-corrected chi connectivity index (χ3v) is 3.75. The van der Waals surface area contributed by atoms with E-state index >= 15 is 0 Å². The number of hydrogen-bond donors (Lipinski definition) is 2. The molecule has 1 heterocycles. The number of rotatable bonds is 4. The molecular weight excluding hydrogens is 296 g/mol. The van der Waals surface area contributed by atoms with Crippen LogP contribution in [0.25, 0.3) is 17.0 Å². The van der Waals surface area contributed by atoms with Gasteiger partial charge in [-0.3, -0.25) is 14.2 Å². The van der Waals surface area contributed by atoms with Gasteiger partial charge in [0.05, 0.1) is 16.3 Å². The molecule has 6 nitrogen and oxygen atoms in total. The minimum atomic E-state index is -0.986. The SMILES string of the molecule is CC(O)c1nc2cc(C=CC(C)(C)C(=O)O)ccc2c(=O)n1C. The second-order valence-corrected chi connectivity index (χ2v) is 6.15. The molecule has 1 atom stereocenters. The van der Waals surface area contributed by atoms with E-state index in [9.17, 15) is 14.7 Å². The third kappa shape index (κ3) is 3.32. The van der Waals surface area contributed by atoms with Crippen LogP contribution in [0.2, 0.25) is 0 Å². The fourth-order valence-corrected chi connectivity index (χ4v) is 2.16. The molecule has 0 aliphatic heterocycles. The van der Waals surface area contributed by atoms with Gasteiger partial charge in [-0.2, -0.15) is 0 Å². The van der Waals surface area contributed by atoms with Gasteiger partial charge in [-0.1, -0.05) is 18.2 Å². The Kier molecular flexibility index (Phi) is 4.38. The van der Waals surface area contributed by atoms with Crippen LogP contribution in [0.5, 0.6) is 0 Å². The molecule has 0 radical (unpaired) electrons. The van der Waals surface area contributed by atoms with Crippen molar-refractivity contribution in [1.29, 1.82) is 0 Å². The molecule has 2 N–H and O–H groups in total. The molecule has 23 heavy (non-hydrogen) atoms. The molecule has 1 aromatic carbocycles. The molecule has 0 aliphatic rings.